The summed E-state index contributed by atoms with van der Waals surface area (Å²) in [6, 6.07) is 8.45. The highest BCUT2D eigenvalue weighted by molar-refractivity contribution is 7.13. The average Bonchev–Trinajstić information content (AvgIpc) is 3.03. The first-order valence-corrected chi connectivity index (χ1v) is 8.50. The molecule has 0 aliphatic heterocycles. The molecule has 3 aromatic rings. The summed E-state index contributed by atoms with van der Waals surface area (Å²) in [5.74, 6) is -5.52. The molecule has 0 fully saturated rings. The molecular formula is C18H12F6N2O2S. The Morgan fingerprint density at radius 2 is 1.66 bits per heavy atom. The Morgan fingerprint density at radius 3 is 2.10 bits per heavy atom. The van der Waals surface area contributed by atoms with Crippen LogP contribution in [0.4, 0.5) is 32.0 Å². The number of aromatic nitrogens is 1. The van der Waals surface area contributed by atoms with Crippen molar-refractivity contribution in [1.29, 1.82) is 0 Å². The highest BCUT2D eigenvalue weighted by Gasteiger charge is 2.39. The SMILES string of the molecule is Cc1nc(C(F)(F)F)c(C(=O)O)s1.Nc1ccccc1-c1cc(F)c(F)c(F)c1. The molecule has 0 saturated heterocycles. The minimum atomic E-state index is -4.70. The van der Waals surface area contributed by atoms with Crippen molar-refractivity contribution in [3.63, 3.8) is 0 Å². The van der Waals surface area contributed by atoms with Crippen molar-refractivity contribution in [1.82, 2.24) is 4.98 Å². The highest BCUT2D eigenvalue weighted by Crippen LogP contribution is 2.34. The van der Waals surface area contributed by atoms with E-state index in [1.165, 1.54) is 6.92 Å². The van der Waals surface area contributed by atoms with Crippen molar-refractivity contribution in [2.24, 2.45) is 0 Å². The molecular weight excluding hydrogens is 422 g/mol. The maximum atomic E-state index is 13.0. The molecule has 3 rings (SSSR count). The zero-order valence-electron chi connectivity index (χ0n) is 14.5. The van der Waals surface area contributed by atoms with Crippen LogP contribution in [0.5, 0.6) is 0 Å². The molecule has 0 spiro atoms. The van der Waals surface area contributed by atoms with Crippen molar-refractivity contribution in [2.75, 3.05) is 5.73 Å². The number of benzene rings is 2. The summed E-state index contributed by atoms with van der Waals surface area (Å²) in [5, 5.41) is 8.50. The summed E-state index contributed by atoms with van der Waals surface area (Å²) in [6.07, 6.45) is -4.70. The summed E-state index contributed by atoms with van der Waals surface area (Å²) >= 11 is 0.519. The normalized spacial score (nSPS) is 11.0. The summed E-state index contributed by atoms with van der Waals surface area (Å²) in [7, 11) is 0. The molecule has 3 N–H and O–H groups in total. The van der Waals surface area contributed by atoms with E-state index in [-0.39, 0.29) is 10.6 Å². The minimum Gasteiger partial charge on any atom is -0.477 e. The van der Waals surface area contributed by atoms with Gasteiger partial charge in [-0.25, -0.2) is 22.9 Å². The first-order valence-electron chi connectivity index (χ1n) is 7.69. The van der Waals surface area contributed by atoms with Gasteiger partial charge in [0.05, 0.1) is 5.01 Å². The number of para-hydroxylation sites is 1. The van der Waals surface area contributed by atoms with Crippen LogP contribution in [0, 0.1) is 24.4 Å². The van der Waals surface area contributed by atoms with Crippen molar-refractivity contribution >= 4 is 23.0 Å². The third-order valence-electron chi connectivity index (χ3n) is 3.45. The van der Waals surface area contributed by atoms with E-state index in [0.29, 0.717) is 22.6 Å². The van der Waals surface area contributed by atoms with Crippen molar-refractivity contribution < 1.29 is 36.2 Å². The second kappa shape index (κ2) is 8.52. The third-order valence-corrected chi connectivity index (χ3v) is 4.41. The van der Waals surface area contributed by atoms with E-state index < -0.39 is 40.2 Å². The number of hydrogen-bond acceptors (Lipinski definition) is 4. The molecule has 11 heteroatoms. The molecule has 0 unspecified atom stereocenters. The van der Waals surface area contributed by atoms with Crippen LogP contribution < -0.4 is 5.73 Å². The number of nitrogen functional groups attached to an aromatic ring is 1. The van der Waals surface area contributed by atoms with Crippen LogP contribution in [0.15, 0.2) is 36.4 Å². The Labute approximate surface area is 164 Å². The summed E-state index contributed by atoms with van der Waals surface area (Å²) in [6.45, 7) is 1.33. The van der Waals surface area contributed by atoms with E-state index in [0.717, 1.165) is 12.1 Å². The van der Waals surface area contributed by atoms with Gasteiger partial charge in [-0.05, 0) is 30.7 Å². The quantitative estimate of drug-likeness (QED) is 0.316. The molecule has 0 amide bonds. The molecule has 29 heavy (non-hydrogen) atoms. The zero-order chi connectivity index (χ0) is 21.9. The molecule has 4 nitrogen and oxygen atoms in total. The monoisotopic (exact) mass is 434 g/mol. The van der Waals surface area contributed by atoms with Gasteiger partial charge in [0.15, 0.2) is 23.1 Å². The number of alkyl halides is 3. The van der Waals surface area contributed by atoms with Crippen LogP contribution >= 0.6 is 11.3 Å². The zero-order valence-corrected chi connectivity index (χ0v) is 15.3. The molecule has 1 heterocycles. The molecule has 0 atom stereocenters. The smallest absolute Gasteiger partial charge is 0.435 e. The second-order valence-corrected chi connectivity index (χ2v) is 6.76. The Bertz CT molecular complexity index is 1030. The van der Waals surface area contributed by atoms with Gasteiger partial charge in [-0.15, -0.1) is 11.3 Å². The van der Waals surface area contributed by atoms with Gasteiger partial charge in [-0.2, -0.15) is 13.2 Å². The first kappa shape index (κ1) is 22.2. The largest absolute Gasteiger partial charge is 0.477 e. The topological polar surface area (TPSA) is 76.2 Å². The lowest BCUT2D eigenvalue weighted by atomic mass is 10.0. The molecule has 0 aliphatic rings. The summed E-state index contributed by atoms with van der Waals surface area (Å²) in [5.41, 5.74) is 5.41. The first-order chi connectivity index (χ1) is 13.4. The van der Waals surface area contributed by atoms with E-state index >= 15 is 0 Å². The number of rotatable bonds is 2. The minimum absolute atomic E-state index is 0.0877. The van der Waals surface area contributed by atoms with Gasteiger partial charge >= 0.3 is 12.1 Å². The fraction of sp³-hybridized carbons (Fsp3) is 0.111. The van der Waals surface area contributed by atoms with Gasteiger partial charge in [-0.3, -0.25) is 0 Å². The number of aryl methyl sites for hydroxylation is 1. The number of carboxylic acid groups (broad SMARTS) is 1. The van der Waals surface area contributed by atoms with Gasteiger partial charge < -0.3 is 10.8 Å². The molecule has 0 aliphatic carbocycles. The van der Waals surface area contributed by atoms with Crippen molar-refractivity contribution in [3.05, 3.63) is 69.4 Å². The average molecular weight is 434 g/mol. The summed E-state index contributed by atoms with van der Waals surface area (Å²) in [4.78, 5) is 12.7. The van der Waals surface area contributed by atoms with Crippen LogP contribution in [0.3, 0.4) is 0 Å². The maximum absolute atomic E-state index is 13.0. The standard InChI is InChI=1S/C12H8F3N.C6H4F3NO2S/c13-9-5-7(6-10(14)12(9)15)8-3-1-2-4-11(8)16;1-2-10-4(6(7,8)9)3(13-2)5(11)12/h1-6H,16H2;1H3,(H,11,12). The van der Waals surface area contributed by atoms with E-state index in [1.54, 1.807) is 24.3 Å². The van der Waals surface area contributed by atoms with Gasteiger partial charge in [0.25, 0.3) is 0 Å². The fourth-order valence-corrected chi connectivity index (χ4v) is 3.01. The van der Waals surface area contributed by atoms with Crippen LogP contribution in [0.1, 0.15) is 20.4 Å². The van der Waals surface area contributed by atoms with E-state index in [4.69, 9.17) is 10.8 Å². The lowest BCUT2D eigenvalue weighted by Crippen LogP contribution is -2.11. The number of thiazole rings is 1. The molecule has 0 saturated carbocycles. The van der Waals surface area contributed by atoms with Crippen molar-refractivity contribution in [3.8, 4) is 11.1 Å². The highest BCUT2D eigenvalue weighted by atomic mass is 32.1. The van der Waals surface area contributed by atoms with Crippen molar-refractivity contribution in [2.45, 2.75) is 13.1 Å². The Balaban J connectivity index is 0.000000212. The molecule has 0 radical (unpaired) electrons. The number of hydrogen-bond donors (Lipinski definition) is 2. The number of nitrogens with zero attached hydrogens (tertiary/aromatic N) is 1. The molecule has 154 valence electrons. The number of carbonyl (C=O) groups is 1. The van der Waals surface area contributed by atoms with Crippen LogP contribution in [-0.2, 0) is 6.18 Å². The van der Waals surface area contributed by atoms with Gasteiger partial charge in [-0.1, -0.05) is 18.2 Å². The predicted octanol–water partition coefficient (Wildman–Crippen LogP) is 5.52. The lowest BCUT2D eigenvalue weighted by Gasteiger charge is -2.06. The third kappa shape index (κ3) is 5.25. The maximum Gasteiger partial charge on any atom is 0.435 e. The Hall–Kier alpha value is -3.08. The number of anilines is 1. The molecule has 2 aromatic carbocycles. The molecule has 0 bridgehead atoms. The number of halogens is 6. The Kier molecular flexibility index (Phi) is 6.52. The summed E-state index contributed by atoms with van der Waals surface area (Å²) < 4.78 is 75.1. The van der Waals surface area contributed by atoms with E-state index in [1.807, 2.05) is 0 Å². The second-order valence-electron chi connectivity index (χ2n) is 5.55. The van der Waals surface area contributed by atoms with E-state index in [2.05, 4.69) is 4.98 Å². The van der Waals surface area contributed by atoms with Gasteiger partial charge in [0.2, 0.25) is 0 Å². The van der Waals surface area contributed by atoms with Crippen LogP contribution in [-0.4, -0.2) is 16.1 Å². The molecule has 1 aromatic heterocycles. The van der Waals surface area contributed by atoms with Crippen LogP contribution in [0.25, 0.3) is 11.1 Å². The predicted molar refractivity (Wildman–Crippen MR) is 95.0 cm³/mol. The van der Waals surface area contributed by atoms with E-state index in [9.17, 15) is 31.1 Å². The number of aromatic carboxylic acids is 1. The van der Waals surface area contributed by atoms with Crippen LogP contribution in [0.2, 0.25) is 0 Å². The lowest BCUT2D eigenvalue weighted by molar-refractivity contribution is -0.141. The number of nitrogens with two attached hydrogens (primary N) is 1. The van der Waals surface area contributed by atoms with Gasteiger partial charge in [0.1, 0.15) is 4.88 Å². The Morgan fingerprint density at radius 1 is 1.10 bits per heavy atom. The van der Waals surface area contributed by atoms with Gasteiger partial charge in [0, 0.05) is 11.3 Å². The fourth-order valence-electron chi connectivity index (χ4n) is 2.24. The number of carboxylic acids is 1.